The van der Waals surface area contributed by atoms with E-state index in [4.69, 9.17) is 4.74 Å². The molecule has 1 atom stereocenters. The van der Waals surface area contributed by atoms with E-state index in [0.717, 1.165) is 6.08 Å². The van der Waals surface area contributed by atoms with Crippen molar-refractivity contribution < 1.29 is 14.3 Å². The summed E-state index contributed by atoms with van der Waals surface area (Å²) in [5.74, 6) is -0.819. The Hall–Kier alpha value is -1.32. The summed E-state index contributed by atoms with van der Waals surface area (Å²) in [5, 5.41) is 2.56. The Morgan fingerprint density at radius 2 is 1.81 bits per heavy atom. The topological polar surface area (TPSA) is 55.4 Å². The molecule has 1 amide bonds. The molecule has 0 aliphatic rings. The van der Waals surface area contributed by atoms with E-state index in [1.807, 2.05) is 13.8 Å². The standard InChI is InChI=1S/C12H21NO3/c1-7-9(14)13-10(8(2)3)11(15)16-12(4,5)6/h7-8,10H,1H2,2-6H3,(H,13,14)/t10-/m0/s1. The van der Waals surface area contributed by atoms with Gasteiger partial charge in [0.05, 0.1) is 0 Å². The number of esters is 1. The summed E-state index contributed by atoms with van der Waals surface area (Å²) in [5.41, 5.74) is -0.552. The van der Waals surface area contributed by atoms with Crippen molar-refractivity contribution >= 4 is 11.9 Å². The molecule has 0 aliphatic carbocycles. The molecule has 0 fully saturated rings. The van der Waals surface area contributed by atoms with Gasteiger partial charge in [-0.15, -0.1) is 0 Å². The number of rotatable bonds is 4. The summed E-state index contributed by atoms with van der Waals surface area (Å²) in [6.45, 7) is 12.4. The molecule has 16 heavy (non-hydrogen) atoms. The molecule has 1 N–H and O–H groups in total. The van der Waals surface area contributed by atoms with E-state index in [2.05, 4.69) is 11.9 Å². The minimum atomic E-state index is -0.635. The first-order chi connectivity index (χ1) is 7.17. The molecule has 0 aromatic heterocycles. The average molecular weight is 227 g/mol. The highest BCUT2D eigenvalue weighted by Gasteiger charge is 2.28. The van der Waals surface area contributed by atoms with Crippen LogP contribution in [-0.4, -0.2) is 23.5 Å². The first-order valence-corrected chi connectivity index (χ1v) is 5.33. The minimum Gasteiger partial charge on any atom is -0.458 e. The van der Waals surface area contributed by atoms with Gasteiger partial charge in [0.2, 0.25) is 5.91 Å². The second-order valence-corrected chi connectivity index (χ2v) is 4.97. The van der Waals surface area contributed by atoms with Crippen LogP contribution in [0, 0.1) is 5.92 Å². The number of hydrogen-bond acceptors (Lipinski definition) is 3. The Kier molecular flexibility index (Phi) is 5.21. The first-order valence-electron chi connectivity index (χ1n) is 5.33. The molecule has 4 nitrogen and oxygen atoms in total. The lowest BCUT2D eigenvalue weighted by atomic mass is 10.0. The van der Waals surface area contributed by atoms with Crippen molar-refractivity contribution in [3.63, 3.8) is 0 Å². The Morgan fingerprint density at radius 3 is 2.12 bits per heavy atom. The summed E-state index contributed by atoms with van der Waals surface area (Å²) in [6, 6.07) is -0.635. The zero-order valence-corrected chi connectivity index (χ0v) is 10.7. The van der Waals surface area contributed by atoms with Gasteiger partial charge in [-0.1, -0.05) is 20.4 Å². The van der Waals surface area contributed by atoms with Crippen molar-refractivity contribution in [1.29, 1.82) is 0 Å². The van der Waals surface area contributed by atoms with E-state index >= 15 is 0 Å². The second-order valence-electron chi connectivity index (χ2n) is 4.97. The van der Waals surface area contributed by atoms with Gasteiger partial charge in [0.1, 0.15) is 11.6 Å². The summed E-state index contributed by atoms with van der Waals surface area (Å²) in [6.07, 6.45) is 1.14. The highest BCUT2D eigenvalue weighted by molar-refractivity contribution is 5.91. The van der Waals surface area contributed by atoms with E-state index in [1.54, 1.807) is 20.8 Å². The van der Waals surface area contributed by atoms with Gasteiger partial charge >= 0.3 is 5.97 Å². The molecule has 0 aliphatic heterocycles. The number of nitrogens with one attached hydrogen (secondary N) is 1. The smallest absolute Gasteiger partial charge is 0.329 e. The van der Waals surface area contributed by atoms with Gasteiger partial charge in [-0.2, -0.15) is 0 Å². The van der Waals surface area contributed by atoms with Crippen LogP contribution < -0.4 is 5.32 Å². The molecule has 0 bridgehead atoms. The van der Waals surface area contributed by atoms with Crippen molar-refractivity contribution in [2.45, 2.75) is 46.3 Å². The van der Waals surface area contributed by atoms with E-state index in [0.29, 0.717) is 0 Å². The fourth-order valence-corrected chi connectivity index (χ4v) is 1.08. The summed E-state index contributed by atoms with van der Waals surface area (Å²) >= 11 is 0. The van der Waals surface area contributed by atoms with Crippen LogP contribution in [0.1, 0.15) is 34.6 Å². The number of carbonyl (C=O) groups excluding carboxylic acids is 2. The molecule has 0 rings (SSSR count). The van der Waals surface area contributed by atoms with Gasteiger partial charge in [0, 0.05) is 0 Å². The molecule has 0 heterocycles. The molecule has 0 spiro atoms. The van der Waals surface area contributed by atoms with Gasteiger partial charge in [0.25, 0.3) is 0 Å². The maximum atomic E-state index is 11.8. The van der Waals surface area contributed by atoms with E-state index in [9.17, 15) is 9.59 Å². The fourth-order valence-electron chi connectivity index (χ4n) is 1.08. The first kappa shape index (κ1) is 14.7. The summed E-state index contributed by atoms with van der Waals surface area (Å²) in [7, 11) is 0. The van der Waals surface area contributed by atoms with Crippen LogP contribution in [-0.2, 0) is 14.3 Å². The number of hydrogen-bond donors (Lipinski definition) is 1. The predicted octanol–water partition coefficient (Wildman–Crippen LogP) is 1.65. The van der Waals surface area contributed by atoms with Crippen LogP contribution in [0.25, 0.3) is 0 Å². The summed E-state index contributed by atoms with van der Waals surface area (Å²) < 4.78 is 5.22. The summed E-state index contributed by atoms with van der Waals surface area (Å²) in [4.78, 5) is 22.9. The third-order valence-electron chi connectivity index (χ3n) is 1.81. The third-order valence-corrected chi connectivity index (χ3v) is 1.81. The van der Waals surface area contributed by atoms with Crippen LogP contribution in [0.15, 0.2) is 12.7 Å². The Labute approximate surface area is 97.1 Å². The zero-order valence-electron chi connectivity index (χ0n) is 10.7. The van der Waals surface area contributed by atoms with Crippen molar-refractivity contribution in [3.8, 4) is 0 Å². The molecule has 0 radical (unpaired) electrons. The van der Waals surface area contributed by atoms with Crippen molar-refractivity contribution in [2.75, 3.05) is 0 Å². The number of amides is 1. The lowest BCUT2D eigenvalue weighted by Crippen LogP contribution is -2.46. The molecule has 92 valence electrons. The zero-order chi connectivity index (χ0) is 12.9. The Bertz CT molecular complexity index is 276. The second kappa shape index (κ2) is 5.68. The SMILES string of the molecule is C=CC(=O)N[C@H](C(=O)OC(C)(C)C)C(C)C. The highest BCUT2D eigenvalue weighted by atomic mass is 16.6. The normalized spacial score (nSPS) is 13.1. The maximum Gasteiger partial charge on any atom is 0.329 e. The quantitative estimate of drug-likeness (QED) is 0.587. The van der Waals surface area contributed by atoms with Crippen LogP contribution in [0.5, 0.6) is 0 Å². The molecule has 0 aromatic carbocycles. The average Bonchev–Trinajstić information content (AvgIpc) is 2.09. The monoisotopic (exact) mass is 227 g/mol. The van der Waals surface area contributed by atoms with Gasteiger partial charge in [0.15, 0.2) is 0 Å². The van der Waals surface area contributed by atoms with Crippen LogP contribution in [0.2, 0.25) is 0 Å². The maximum absolute atomic E-state index is 11.8. The third kappa shape index (κ3) is 5.53. The van der Waals surface area contributed by atoms with Crippen LogP contribution >= 0.6 is 0 Å². The highest BCUT2D eigenvalue weighted by Crippen LogP contribution is 2.12. The number of carbonyl (C=O) groups is 2. The lowest BCUT2D eigenvalue weighted by molar-refractivity contribution is -0.159. The Morgan fingerprint density at radius 1 is 1.31 bits per heavy atom. The van der Waals surface area contributed by atoms with Crippen LogP contribution in [0.4, 0.5) is 0 Å². The van der Waals surface area contributed by atoms with E-state index in [1.165, 1.54) is 0 Å². The Balaban J connectivity index is 4.60. The molecule has 0 saturated carbocycles. The molecule has 0 aromatic rings. The van der Waals surface area contributed by atoms with Gasteiger partial charge < -0.3 is 10.1 Å². The minimum absolute atomic E-state index is 0.0289. The molecular weight excluding hydrogens is 206 g/mol. The van der Waals surface area contributed by atoms with Gasteiger partial charge in [-0.3, -0.25) is 4.79 Å². The van der Waals surface area contributed by atoms with Crippen molar-refractivity contribution in [1.82, 2.24) is 5.32 Å². The van der Waals surface area contributed by atoms with Crippen molar-refractivity contribution in [2.24, 2.45) is 5.92 Å². The van der Waals surface area contributed by atoms with Gasteiger partial charge in [-0.05, 0) is 32.8 Å². The van der Waals surface area contributed by atoms with Crippen molar-refractivity contribution in [3.05, 3.63) is 12.7 Å². The van der Waals surface area contributed by atoms with Crippen LogP contribution in [0.3, 0.4) is 0 Å². The van der Waals surface area contributed by atoms with E-state index in [-0.39, 0.29) is 11.8 Å². The lowest BCUT2D eigenvalue weighted by Gasteiger charge is -2.26. The fraction of sp³-hybridized carbons (Fsp3) is 0.667. The molecule has 0 saturated heterocycles. The molecule has 0 unspecified atom stereocenters. The number of ether oxygens (including phenoxy) is 1. The molecular formula is C12H21NO3. The van der Waals surface area contributed by atoms with Gasteiger partial charge in [-0.25, -0.2) is 4.79 Å². The van der Waals surface area contributed by atoms with E-state index < -0.39 is 17.6 Å². The molecule has 4 heteroatoms. The predicted molar refractivity (Wildman–Crippen MR) is 62.8 cm³/mol. The largest absolute Gasteiger partial charge is 0.458 e.